The van der Waals surface area contributed by atoms with E-state index in [0.717, 1.165) is 36.0 Å². The molecule has 0 aliphatic carbocycles. The molecule has 1 amide bonds. The van der Waals surface area contributed by atoms with Gasteiger partial charge in [-0.3, -0.25) is 14.6 Å². The van der Waals surface area contributed by atoms with E-state index in [-0.39, 0.29) is 11.9 Å². The number of rotatable bonds is 4. The van der Waals surface area contributed by atoms with Gasteiger partial charge in [0.15, 0.2) is 5.13 Å². The Hall–Kier alpha value is -1.66. The van der Waals surface area contributed by atoms with Gasteiger partial charge < -0.3 is 4.42 Å². The maximum absolute atomic E-state index is 12.6. The van der Waals surface area contributed by atoms with Gasteiger partial charge in [0.05, 0.1) is 12.6 Å². The standard InChI is InChI=1S/C17H23N3O2S/c1-13-7-8-15(22-13)14-6-4-3-5-10-20(14)12-16(21)19(2)17-18-9-11-23-17/h7-9,11,14H,3-6,10,12H2,1-2H3. The van der Waals surface area contributed by atoms with Crippen LogP contribution in [0.2, 0.25) is 0 Å². The van der Waals surface area contributed by atoms with Gasteiger partial charge in [-0.1, -0.05) is 12.8 Å². The number of aromatic nitrogens is 1. The summed E-state index contributed by atoms with van der Waals surface area (Å²) in [6, 6.07) is 4.25. The van der Waals surface area contributed by atoms with Gasteiger partial charge in [-0.25, -0.2) is 4.98 Å². The van der Waals surface area contributed by atoms with Gasteiger partial charge in [-0.15, -0.1) is 11.3 Å². The summed E-state index contributed by atoms with van der Waals surface area (Å²) < 4.78 is 5.85. The van der Waals surface area contributed by atoms with Crippen LogP contribution >= 0.6 is 11.3 Å². The SMILES string of the molecule is Cc1ccc(C2CCCCCN2CC(=O)N(C)c2nccs2)o1. The maximum atomic E-state index is 12.6. The number of amides is 1. The number of furan rings is 1. The summed E-state index contributed by atoms with van der Waals surface area (Å²) in [5, 5.41) is 2.63. The van der Waals surface area contributed by atoms with Gasteiger partial charge in [-0.2, -0.15) is 0 Å². The molecule has 0 radical (unpaired) electrons. The summed E-state index contributed by atoms with van der Waals surface area (Å²) in [6.45, 7) is 3.30. The third kappa shape index (κ3) is 3.82. The van der Waals surface area contributed by atoms with Crippen molar-refractivity contribution in [1.29, 1.82) is 0 Å². The molecule has 1 atom stereocenters. The van der Waals surface area contributed by atoms with Crippen molar-refractivity contribution >= 4 is 22.4 Å². The Bertz CT molecular complexity index is 638. The molecule has 3 rings (SSSR count). The van der Waals surface area contributed by atoms with E-state index < -0.39 is 0 Å². The third-order valence-electron chi connectivity index (χ3n) is 4.37. The molecule has 0 bridgehead atoms. The Kier molecular flexibility index (Phi) is 5.13. The molecule has 1 fully saturated rings. The van der Waals surface area contributed by atoms with E-state index in [4.69, 9.17) is 4.42 Å². The van der Waals surface area contributed by atoms with Gasteiger partial charge in [0.25, 0.3) is 0 Å². The molecule has 1 saturated heterocycles. The third-order valence-corrected chi connectivity index (χ3v) is 5.22. The maximum Gasteiger partial charge on any atom is 0.242 e. The average Bonchev–Trinajstić information content (AvgIpc) is 3.16. The van der Waals surface area contributed by atoms with Crippen molar-refractivity contribution in [3.63, 3.8) is 0 Å². The fraction of sp³-hybridized carbons (Fsp3) is 0.529. The number of carbonyl (C=O) groups excluding carboxylic acids is 1. The zero-order valence-corrected chi connectivity index (χ0v) is 14.5. The van der Waals surface area contributed by atoms with Crippen LogP contribution in [-0.4, -0.2) is 35.9 Å². The molecular formula is C17H23N3O2S. The fourth-order valence-corrected chi connectivity index (χ4v) is 3.70. The number of anilines is 1. The second-order valence-corrected chi connectivity index (χ2v) is 6.92. The number of likely N-dealkylation sites (N-methyl/N-ethyl adjacent to an activating group) is 1. The summed E-state index contributed by atoms with van der Waals surface area (Å²) in [5.74, 6) is 1.99. The predicted molar refractivity (Wildman–Crippen MR) is 91.8 cm³/mol. The lowest BCUT2D eigenvalue weighted by molar-refractivity contribution is -0.120. The minimum absolute atomic E-state index is 0.0788. The van der Waals surface area contributed by atoms with Crippen LogP contribution in [0, 0.1) is 6.92 Å². The van der Waals surface area contributed by atoms with Gasteiger partial charge >= 0.3 is 0 Å². The predicted octanol–water partition coefficient (Wildman–Crippen LogP) is 3.62. The van der Waals surface area contributed by atoms with Crippen LogP contribution in [0.3, 0.4) is 0 Å². The molecule has 0 spiro atoms. The number of hydrogen-bond donors (Lipinski definition) is 0. The first-order valence-electron chi connectivity index (χ1n) is 8.11. The number of carbonyl (C=O) groups is 1. The molecule has 3 heterocycles. The summed E-state index contributed by atoms with van der Waals surface area (Å²) in [7, 11) is 1.80. The number of hydrogen-bond acceptors (Lipinski definition) is 5. The second kappa shape index (κ2) is 7.27. The first-order valence-corrected chi connectivity index (χ1v) is 8.99. The van der Waals surface area contributed by atoms with Crippen LogP contribution in [0.4, 0.5) is 5.13 Å². The second-order valence-electron chi connectivity index (χ2n) is 6.05. The van der Waals surface area contributed by atoms with Gasteiger partial charge in [0.2, 0.25) is 5.91 Å². The molecule has 0 saturated carbocycles. The van der Waals surface area contributed by atoms with Crippen molar-refractivity contribution in [2.24, 2.45) is 0 Å². The van der Waals surface area contributed by atoms with Crippen LogP contribution in [0.15, 0.2) is 28.1 Å². The Morgan fingerprint density at radius 2 is 2.30 bits per heavy atom. The molecule has 6 heteroatoms. The van der Waals surface area contributed by atoms with Crippen LogP contribution in [-0.2, 0) is 4.79 Å². The fourth-order valence-electron chi connectivity index (χ4n) is 3.08. The van der Waals surface area contributed by atoms with Crippen LogP contribution < -0.4 is 4.90 Å². The van der Waals surface area contributed by atoms with Gasteiger partial charge in [-0.05, 0) is 38.4 Å². The molecule has 1 aliphatic heterocycles. The molecule has 23 heavy (non-hydrogen) atoms. The number of thiazole rings is 1. The minimum Gasteiger partial charge on any atom is -0.465 e. The monoisotopic (exact) mass is 333 g/mol. The summed E-state index contributed by atoms with van der Waals surface area (Å²) >= 11 is 1.48. The lowest BCUT2D eigenvalue weighted by Gasteiger charge is -2.29. The Morgan fingerprint density at radius 3 is 3.00 bits per heavy atom. The molecule has 1 unspecified atom stereocenters. The smallest absolute Gasteiger partial charge is 0.242 e. The Morgan fingerprint density at radius 1 is 1.43 bits per heavy atom. The van der Waals surface area contributed by atoms with E-state index in [2.05, 4.69) is 9.88 Å². The number of nitrogens with zero attached hydrogens (tertiary/aromatic N) is 3. The molecule has 1 aliphatic rings. The van der Waals surface area contributed by atoms with E-state index in [1.54, 1.807) is 18.1 Å². The van der Waals surface area contributed by atoms with E-state index in [1.807, 2.05) is 24.4 Å². The highest BCUT2D eigenvalue weighted by molar-refractivity contribution is 7.13. The van der Waals surface area contributed by atoms with Crippen molar-refractivity contribution < 1.29 is 9.21 Å². The lowest BCUT2D eigenvalue weighted by atomic mass is 10.1. The van der Waals surface area contributed by atoms with E-state index in [0.29, 0.717) is 6.54 Å². The average molecular weight is 333 g/mol. The van der Waals surface area contributed by atoms with E-state index in [1.165, 1.54) is 24.2 Å². The molecule has 5 nitrogen and oxygen atoms in total. The quantitative estimate of drug-likeness (QED) is 0.857. The van der Waals surface area contributed by atoms with Crippen LogP contribution in [0.25, 0.3) is 0 Å². The van der Waals surface area contributed by atoms with Crippen LogP contribution in [0.1, 0.15) is 43.2 Å². The summed E-state index contributed by atoms with van der Waals surface area (Å²) in [4.78, 5) is 20.8. The van der Waals surface area contributed by atoms with E-state index >= 15 is 0 Å². The minimum atomic E-state index is 0.0788. The van der Waals surface area contributed by atoms with Gasteiger partial charge in [0.1, 0.15) is 11.5 Å². The van der Waals surface area contributed by atoms with Crippen LogP contribution in [0.5, 0.6) is 0 Å². The zero-order chi connectivity index (χ0) is 16.2. The molecule has 2 aromatic heterocycles. The molecule has 2 aromatic rings. The van der Waals surface area contributed by atoms with Crippen molar-refractivity contribution in [1.82, 2.24) is 9.88 Å². The van der Waals surface area contributed by atoms with Crippen molar-refractivity contribution in [2.75, 3.05) is 25.0 Å². The zero-order valence-electron chi connectivity index (χ0n) is 13.7. The van der Waals surface area contributed by atoms with E-state index in [9.17, 15) is 4.79 Å². The Labute approximate surface area is 140 Å². The molecule has 124 valence electrons. The normalized spacial score (nSPS) is 19.5. The van der Waals surface area contributed by atoms with Gasteiger partial charge in [0, 0.05) is 18.6 Å². The topological polar surface area (TPSA) is 49.6 Å². The number of aryl methyl sites for hydroxylation is 1. The first kappa shape index (κ1) is 16.2. The molecule has 0 N–H and O–H groups in total. The summed E-state index contributed by atoms with van der Waals surface area (Å²) in [5.41, 5.74) is 0. The highest BCUT2D eigenvalue weighted by Gasteiger charge is 2.28. The first-order chi connectivity index (χ1) is 11.1. The molecule has 0 aromatic carbocycles. The summed E-state index contributed by atoms with van der Waals surface area (Å²) in [6.07, 6.45) is 6.29. The molecular weight excluding hydrogens is 310 g/mol. The number of likely N-dealkylation sites (tertiary alicyclic amines) is 1. The van der Waals surface area contributed by atoms with Crippen molar-refractivity contribution in [3.8, 4) is 0 Å². The highest BCUT2D eigenvalue weighted by Crippen LogP contribution is 2.31. The lowest BCUT2D eigenvalue weighted by Crippen LogP contribution is -2.40. The largest absolute Gasteiger partial charge is 0.465 e. The van der Waals surface area contributed by atoms with Crippen molar-refractivity contribution in [3.05, 3.63) is 35.2 Å². The Balaban J connectivity index is 1.73. The highest BCUT2D eigenvalue weighted by atomic mass is 32.1. The van der Waals surface area contributed by atoms with Crippen molar-refractivity contribution in [2.45, 2.75) is 38.6 Å².